The number of fused-ring (bicyclic) bond motifs is 1. The highest BCUT2D eigenvalue weighted by atomic mass is 16.3. The molecule has 3 heterocycles. The number of aliphatic hydroxyl groups is 1. The molecule has 1 atom stereocenters. The van der Waals surface area contributed by atoms with Crippen LogP contribution < -0.4 is 10.2 Å². The molecular weight excluding hydrogens is 310 g/mol. The number of hydrogen-bond donors (Lipinski definition) is 2. The fourth-order valence-corrected chi connectivity index (χ4v) is 4.41. The van der Waals surface area contributed by atoms with E-state index in [0.29, 0.717) is 0 Å². The number of nitrogens with zero attached hydrogens (tertiary/aromatic N) is 2. The lowest BCUT2D eigenvalue weighted by Gasteiger charge is -2.34. The van der Waals surface area contributed by atoms with Gasteiger partial charge in [0.25, 0.3) is 0 Å². The van der Waals surface area contributed by atoms with Gasteiger partial charge >= 0.3 is 0 Å². The highest BCUT2D eigenvalue weighted by Crippen LogP contribution is 2.30. The predicted molar refractivity (Wildman–Crippen MR) is 103 cm³/mol. The molecule has 0 aliphatic carbocycles. The van der Waals surface area contributed by atoms with Gasteiger partial charge in [-0.05, 0) is 63.1 Å². The lowest BCUT2D eigenvalue weighted by Crippen LogP contribution is -2.35. The van der Waals surface area contributed by atoms with E-state index in [1.807, 2.05) is 12.1 Å². The molecule has 0 amide bonds. The van der Waals surface area contributed by atoms with Gasteiger partial charge in [0.1, 0.15) is 5.82 Å². The molecule has 2 aliphatic heterocycles. The average molecular weight is 339 g/mol. The van der Waals surface area contributed by atoms with Gasteiger partial charge in [-0.15, -0.1) is 0 Å². The molecule has 25 heavy (non-hydrogen) atoms. The molecule has 4 rings (SSSR count). The van der Waals surface area contributed by atoms with Crippen molar-refractivity contribution in [3.63, 3.8) is 0 Å². The van der Waals surface area contributed by atoms with Crippen molar-refractivity contribution in [3.05, 3.63) is 35.9 Å². The summed E-state index contributed by atoms with van der Waals surface area (Å²) in [4.78, 5) is 7.24. The first-order chi connectivity index (χ1) is 12.3. The van der Waals surface area contributed by atoms with Crippen LogP contribution in [0.4, 0.5) is 5.82 Å². The molecule has 0 bridgehead atoms. The number of hydrogen-bond acceptors (Lipinski definition) is 4. The van der Waals surface area contributed by atoms with Gasteiger partial charge in [0.15, 0.2) is 0 Å². The second-order valence-electron chi connectivity index (χ2n) is 7.62. The van der Waals surface area contributed by atoms with E-state index in [2.05, 4.69) is 28.4 Å². The molecule has 0 spiro atoms. The number of anilines is 1. The summed E-state index contributed by atoms with van der Waals surface area (Å²) in [5, 5.41) is 14.5. The van der Waals surface area contributed by atoms with Crippen LogP contribution in [0.2, 0.25) is 0 Å². The van der Waals surface area contributed by atoms with E-state index in [0.717, 1.165) is 47.3 Å². The SMILES string of the molecule is OCc1cc2ccccc2nc1N1CCC(CC[C@@H]2CCCN2)CC1. The largest absolute Gasteiger partial charge is 0.392 e. The minimum absolute atomic E-state index is 0.0560. The van der Waals surface area contributed by atoms with E-state index in [9.17, 15) is 5.11 Å². The Bertz CT molecular complexity index is 703. The zero-order valence-corrected chi connectivity index (χ0v) is 15.0. The number of rotatable bonds is 5. The lowest BCUT2D eigenvalue weighted by atomic mass is 9.90. The Morgan fingerprint density at radius 1 is 1.12 bits per heavy atom. The second kappa shape index (κ2) is 7.71. The normalized spacial score (nSPS) is 22.0. The van der Waals surface area contributed by atoms with E-state index in [4.69, 9.17) is 4.98 Å². The van der Waals surface area contributed by atoms with Gasteiger partial charge in [0.05, 0.1) is 12.1 Å². The van der Waals surface area contributed by atoms with Crippen LogP contribution in [0, 0.1) is 5.92 Å². The molecule has 4 nitrogen and oxygen atoms in total. The molecule has 1 aromatic heterocycles. The van der Waals surface area contributed by atoms with E-state index >= 15 is 0 Å². The fourth-order valence-electron chi connectivity index (χ4n) is 4.41. The van der Waals surface area contributed by atoms with Crippen molar-refractivity contribution in [2.75, 3.05) is 24.5 Å². The first-order valence-corrected chi connectivity index (χ1v) is 9.81. The van der Waals surface area contributed by atoms with E-state index < -0.39 is 0 Å². The van der Waals surface area contributed by atoms with Crippen LogP contribution in [0.15, 0.2) is 30.3 Å². The number of nitrogens with one attached hydrogen (secondary N) is 1. The molecule has 2 fully saturated rings. The van der Waals surface area contributed by atoms with Crippen LogP contribution in [0.25, 0.3) is 10.9 Å². The minimum atomic E-state index is 0.0560. The molecule has 2 saturated heterocycles. The third-order valence-corrected chi connectivity index (χ3v) is 5.95. The third-order valence-electron chi connectivity index (χ3n) is 5.95. The summed E-state index contributed by atoms with van der Waals surface area (Å²) in [6, 6.07) is 11.0. The number of para-hydroxylation sites is 1. The lowest BCUT2D eigenvalue weighted by molar-refractivity contribution is 0.281. The number of pyridine rings is 1. The van der Waals surface area contributed by atoms with Gasteiger partial charge < -0.3 is 15.3 Å². The Morgan fingerprint density at radius 2 is 1.96 bits per heavy atom. The van der Waals surface area contributed by atoms with Gasteiger partial charge in [-0.1, -0.05) is 18.2 Å². The first kappa shape index (κ1) is 16.8. The van der Waals surface area contributed by atoms with Crippen LogP contribution in [0.5, 0.6) is 0 Å². The fraction of sp³-hybridized carbons (Fsp3) is 0.571. The summed E-state index contributed by atoms with van der Waals surface area (Å²) >= 11 is 0. The van der Waals surface area contributed by atoms with Crippen molar-refractivity contribution in [1.29, 1.82) is 0 Å². The van der Waals surface area contributed by atoms with Crippen molar-refractivity contribution >= 4 is 16.7 Å². The van der Waals surface area contributed by atoms with E-state index in [1.165, 1.54) is 45.1 Å². The standard InChI is InChI=1S/C21H29N3O/c25-15-18-14-17-4-1-2-6-20(17)23-21(18)24-12-9-16(10-13-24)7-8-19-5-3-11-22-19/h1-2,4,6,14,16,19,22,25H,3,5,7-13,15H2/t19-/m0/s1. The van der Waals surface area contributed by atoms with Crippen LogP contribution in [-0.4, -0.2) is 35.8 Å². The highest BCUT2D eigenvalue weighted by molar-refractivity contribution is 5.81. The highest BCUT2D eigenvalue weighted by Gasteiger charge is 2.23. The Hall–Kier alpha value is -1.65. The average Bonchev–Trinajstić information content (AvgIpc) is 3.19. The maximum atomic E-state index is 9.79. The van der Waals surface area contributed by atoms with E-state index in [1.54, 1.807) is 0 Å². The number of piperidine rings is 1. The Balaban J connectivity index is 1.40. The summed E-state index contributed by atoms with van der Waals surface area (Å²) in [5.41, 5.74) is 1.97. The van der Waals surface area contributed by atoms with Crippen LogP contribution in [0.3, 0.4) is 0 Å². The minimum Gasteiger partial charge on any atom is -0.392 e. The van der Waals surface area contributed by atoms with Gasteiger partial charge in [-0.3, -0.25) is 0 Å². The zero-order valence-electron chi connectivity index (χ0n) is 15.0. The van der Waals surface area contributed by atoms with Gasteiger partial charge in [-0.25, -0.2) is 4.98 Å². The van der Waals surface area contributed by atoms with Crippen LogP contribution in [0.1, 0.15) is 44.1 Å². The topological polar surface area (TPSA) is 48.4 Å². The smallest absolute Gasteiger partial charge is 0.134 e. The van der Waals surface area contributed by atoms with Gasteiger partial charge in [-0.2, -0.15) is 0 Å². The molecule has 4 heteroatoms. The quantitative estimate of drug-likeness (QED) is 0.876. The van der Waals surface area contributed by atoms with Crippen LogP contribution in [-0.2, 0) is 6.61 Å². The van der Waals surface area contributed by atoms with Gasteiger partial charge in [0.2, 0.25) is 0 Å². The molecule has 2 N–H and O–H groups in total. The summed E-state index contributed by atoms with van der Waals surface area (Å²) in [6.07, 6.45) is 7.88. The Labute approximate surface area is 150 Å². The second-order valence-corrected chi connectivity index (χ2v) is 7.62. The Kier molecular flexibility index (Phi) is 5.18. The van der Waals surface area contributed by atoms with Crippen molar-refractivity contribution in [2.24, 2.45) is 5.92 Å². The predicted octanol–water partition coefficient (Wildman–Crippen LogP) is 3.48. The van der Waals surface area contributed by atoms with Crippen LogP contribution >= 0.6 is 0 Å². The summed E-state index contributed by atoms with van der Waals surface area (Å²) in [7, 11) is 0. The van der Waals surface area contributed by atoms with E-state index in [-0.39, 0.29) is 6.61 Å². The monoisotopic (exact) mass is 339 g/mol. The maximum absolute atomic E-state index is 9.79. The number of aromatic nitrogens is 1. The number of benzene rings is 1. The zero-order chi connectivity index (χ0) is 17.1. The van der Waals surface area contributed by atoms with Crippen molar-refractivity contribution in [1.82, 2.24) is 10.3 Å². The molecule has 2 aromatic rings. The molecule has 0 unspecified atom stereocenters. The van der Waals surface area contributed by atoms with Crippen molar-refractivity contribution in [3.8, 4) is 0 Å². The Morgan fingerprint density at radius 3 is 2.72 bits per heavy atom. The number of aliphatic hydroxyl groups excluding tert-OH is 1. The first-order valence-electron chi connectivity index (χ1n) is 9.81. The maximum Gasteiger partial charge on any atom is 0.134 e. The van der Waals surface area contributed by atoms with Gasteiger partial charge in [0, 0.05) is 30.1 Å². The molecule has 0 saturated carbocycles. The molecule has 2 aliphatic rings. The molecule has 134 valence electrons. The molecule has 1 aromatic carbocycles. The molecular formula is C21H29N3O. The summed E-state index contributed by atoms with van der Waals surface area (Å²) in [6.45, 7) is 3.38. The molecule has 0 radical (unpaired) electrons. The van der Waals surface area contributed by atoms with Crippen molar-refractivity contribution < 1.29 is 5.11 Å². The summed E-state index contributed by atoms with van der Waals surface area (Å²) in [5.74, 6) is 1.83. The summed E-state index contributed by atoms with van der Waals surface area (Å²) < 4.78 is 0. The third kappa shape index (κ3) is 3.80. The van der Waals surface area contributed by atoms with Crippen molar-refractivity contribution in [2.45, 2.75) is 51.2 Å².